The molecule has 0 N–H and O–H groups in total. The van der Waals surface area contributed by atoms with Crippen LogP contribution < -0.4 is 10.4 Å². The Kier molecular flexibility index (Phi) is 6.52. The lowest BCUT2D eigenvalue weighted by Gasteiger charge is -2.25. The SMILES string of the molecule is CC1(C)c2ccccc2-c2cc(-c3c4c(c(-c5ccc(C6=CC=CCC6)cc5)c5ccccc35)=CCCC=4)c3cc4c(cc3c21)sc1ccccc14. The second-order valence-corrected chi connectivity index (χ2v) is 16.4. The summed E-state index contributed by atoms with van der Waals surface area (Å²) in [6.07, 6.45) is 16.1. The number of thiophene rings is 1. The second-order valence-electron chi connectivity index (χ2n) is 15.4. The number of fused-ring (bicyclic) bond motifs is 10. The smallest absolute Gasteiger partial charge is 0.0361 e. The Morgan fingerprint density at radius 3 is 2.00 bits per heavy atom. The molecule has 3 aliphatic rings. The Balaban J connectivity index is 1.26. The summed E-state index contributed by atoms with van der Waals surface area (Å²) in [6.45, 7) is 4.85. The van der Waals surface area contributed by atoms with Gasteiger partial charge in [-0.05, 0) is 138 Å². The minimum Gasteiger partial charge on any atom is -0.135 e. The highest BCUT2D eigenvalue weighted by molar-refractivity contribution is 7.25. The molecule has 0 saturated carbocycles. The minimum absolute atomic E-state index is 0.103. The van der Waals surface area contributed by atoms with Gasteiger partial charge in [-0.3, -0.25) is 0 Å². The van der Waals surface area contributed by atoms with Gasteiger partial charge in [0.15, 0.2) is 0 Å². The van der Waals surface area contributed by atoms with Crippen LogP contribution in [0.25, 0.3) is 92.8 Å². The van der Waals surface area contributed by atoms with E-state index in [0.29, 0.717) is 0 Å². The molecule has 0 atom stereocenters. The van der Waals surface area contributed by atoms with Crippen LogP contribution in [0.5, 0.6) is 0 Å². The van der Waals surface area contributed by atoms with Gasteiger partial charge in [0.25, 0.3) is 0 Å². The third-order valence-electron chi connectivity index (χ3n) is 12.1. The van der Waals surface area contributed by atoms with Gasteiger partial charge in [0.2, 0.25) is 0 Å². The first-order chi connectivity index (χ1) is 25.6. The van der Waals surface area contributed by atoms with Gasteiger partial charge in [0.05, 0.1) is 0 Å². The van der Waals surface area contributed by atoms with Crippen molar-refractivity contribution in [2.24, 2.45) is 0 Å². The maximum atomic E-state index is 2.57. The van der Waals surface area contributed by atoms with Crippen molar-refractivity contribution in [3.05, 3.63) is 161 Å². The first-order valence-electron chi connectivity index (χ1n) is 18.8. The lowest BCUT2D eigenvalue weighted by Crippen LogP contribution is -2.31. The van der Waals surface area contributed by atoms with E-state index in [9.17, 15) is 0 Å². The van der Waals surface area contributed by atoms with Crippen molar-refractivity contribution in [2.45, 2.75) is 44.9 Å². The molecular formula is C51H38S. The standard InChI is InChI=1S/C51H38S/c1-51(2)45-22-12-10-16-34(45)43-29-42(40-28-41-35-17-11-13-23-46(35)52-47(41)30-44(40)50(43)51)49-38-20-8-6-18-36(38)48(37-19-7-9-21-39(37)49)33-26-24-32(25-27-33)31-14-4-3-5-15-31/h3-4,6,8,10-14,16-30H,5,7,9,15H2,1-2H3. The molecule has 0 bridgehead atoms. The number of rotatable bonds is 3. The van der Waals surface area contributed by atoms with Gasteiger partial charge >= 0.3 is 0 Å². The maximum Gasteiger partial charge on any atom is 0.0361 e. The average Bonchev–Trinajstić information content (AvgIpc) is 3.67. The summed E-state index contributed by atoms with van der Waals surface area (Å²) in [6, 6.07) is 44.3. The minimum atomic E-state index is -0.103. The van der Waals surface area contributed by atoms with E-state index in [4.69, 9.17) is 0 Å². The number of hydrogen-bond donors (Lipinski definition) is 0. The molecule has 0 amide bonds. The first-order valence-corrected chi connectivity index (χ1v) is 19.6. The van der Waals surface area contributed by atoms with Crippen LogP contribution in [-0.4, -0.2) is 0 Å². The van der Waals surface area contributed by atoms with E-state index < -0.39 is 0 Å². The highest BCUT2D eigenvalue weighted by Gasteiger charge is 2.38. The third kappa shape index (κ3) is 4.27. The van der Waals surface area contributed by atoms with E-state index >= 15 is 0 Å². The maximum absolute atomic E-state index is 2.57. The topological polar surface area (TPSA) is 0 Å². The van der Waals surface area contributed by atoms with Gasteiger partial charge in [0, 0.05) is 25.6 Å². The third-order valence-corrected chi connectivity index (χ3v) is 13.3. The molecule has 0 fully saturated rings. The molecule has 0 saturated heterocycles. The molecule has 7 aromatic carbocycles. The predicted molar refractivity (Wildman–Crippen MR) is 227 cm³/mol. The van der Waals surface area contributed by atoms with Crippen LogP contribution in [0.2, 0.25) is 0 Å². The van der Waals surface area contributed by atoms with Crippen molar-refractivity contribution in [2.75, 3.05) is 0 Å². The summed E-state index contributed by atoms with van der Waals surface area (Å²) in [4.78, 5) is 0. The molecule has 8 aromatic rings. The first kappa shape index (κ1) is 30.2. The summed E-state index contributed by atoms with van der Waals surface area (Å²) < 4.78 is 2.72. The summed E-state index contributed by atoms with van der Waals surface area (Å²) >= 11 is 1.92. The number of allylic oxidation sites excluding steroid dienone is 4. The van der Waals surface area contributed by atoms with Crippen molar-refractivity contribution in [3.8, 4) is 33.4 Å². The molecule has 3 aliphatic carbocycles. The van der Waals surface area contributed by atoms with E-state index in [1.54, 1.807) is 0 Å². The van der Waals surface area contributed by atoms with Gasteiger partial charge in [-0.2, -0.15) is 0 Å². The van der Waals surface area contributed by atoms with Crippen LogP contribution in [0.15, 0.2) is 133 Å². The van der Waals surface area contributed by atoms with Crippen molar-refractivity contribution >= 4 is 70.8 Å². The quantitative estimate of drug-likeness (QED) is 0.174. The van der Waals surface area contributed by atoms with Crippen molar-refractivity contribution in [1.29, 1.82) is 0 Å². The number of benzene rings is 7. The molecule has 0 aliphatic heterocycles. The van der Waals surface area contributed by atoms with Crippen molar-refractivity contribution in [3.63, 3.8) is 0 Å². The lowest BCUT2D eigenvalue weighted by molar-refractivity contribution is 0.666. The monoisotopic (exact) mass is 682 g/mol. The molecule has 0 radical (unpaired) electrons. The van der Waals surface area contributed by atoms with E-state index in [1.807, 2.05) is 11.3 Å². The molecule has 0 unspecified atom stereocenters. The Morgan fingerprint density at radius 1 is 0.519 bits per heavy atom. The summed E-state index contributed by atoms with van der Waals surface area (Å²) in [5.74, 6) is 0. The Morgan fingerprint density at radius 2 is 1.21 bits per heavy atom. The molecule has 1 heteroatoms. The van der Waals surface area contributed by atoms with E-state index in [1.165, 1.54) is 108 Å². The van der Waals surface area contributed by atoms with Gasteiger partial charge in [-0.1, -0.05) is 135 Å². The Labute approximate surface area is 308 Å². The van der Waals surface area contributed by atoms with Crippen LogP contribution in [0, 0.1) is 0 Å². The fourth-order valence-electron chi connectivity index (χ4n) is 9.78. The fourth-order valence-corrected chi connectivity index (χ4v) is 10.9. The zero-order valence-corrected chi connectivity index (χ0v) is 30.4. The molecule has 248 valence electrons. The van der Waals surface area contributed by atoms with Crippen LogP contribution in [0.1, 0.15) is 56.2 Å². The molecular weight excluding hydrogens is 645 g/mol. The van der Waals surface area contributed by atoms with Gasteiger partial charge in [-0.25, -0.2) is 0 Å². The largest absolute Gasteiger partial charge is 0.135 e. The molecule has 11 rings (SSSR count). The molecule has 52 heavy (non-hydrogen) atoms. The van der Waals surface area contributed by atoms with Crippen LogP contribution in [0.3, 0.4) is 0 Å². The van der Waals surface area contributed by atoms with Gasteiger partial charge < -0.3 is 0 Å². The molecule has 0 spiro atoms. The summed E-state index contributed by atoms with van der Waals surface area (Å²) in [7, 11) is 0. The van der Waals surface area contributed by atoms with Crippen LogP contribution in [-0.2, 0) is 5.41 Å². The van der Waals surface area contributed by atoms with Crippen LogP contribution >= 0.6 is 11.3 Å². The van der Waals surface area contributed by atoms with E-state index in [0.717, 1.165) is 25.7 Å². The summed E-state index contributed by atoms with van der Waals surface area (Å²) in [5.41, 5.74) is 13.7. The van der Waals surface area contributed by atoms with E-state index in [-0.39, 0.29) is 5.41 Å². The van der Waals surface area contributed by atoms with Gasteiger partial charge in [0.1, 0.15) is 0 Å². The zero-order valence-electron chi connectivity index (χ0n) is 29.6. The highest BCUT2D eigenvalue weighted by atomic mass is 32.1. The Bertz CT molecular complexity index is 3020. The highest BCUT2D eigenvalue weighted by Crippen LogP contribution is 2.54. The van der Waals surface area contributed by atoms with Crippen LogP contribution in [0.4, 0.5) is 0 Å². The molecule has 1 aromatic heterocycles. The normalized spacial score (nSPS) is 15.7. The molecule has 0 nitrogen and oxygen atoms in total. The van der Waals surface area contributed by atoms with Crippen molar-refractivity contribution < 1.29 is 0 Å². The zero-order chi connectivity index (χ0) is 34.6. The Hall–Kier alpha value is -5.50. The second kappa shape index (κ2) is 11.2. The lowest BCUT2D eigenvalue weighted by atomic mass is 9.78. The van der Waals surface area contributed by atoms with Crippen molar-refractivity contribution in [1.82, 2.24) is 0 Å². The fraction of sp³-hybridized carbons (Fsp3) is 0.137. The number of hydrogen-bond acceptors (Lipinski definition) is 1. The predicted octanol–water partition coefficient (Wildman–Crippen LogP) is 13.1. The van der Waals surface area contributed by atoms with E-state index in [2.05, 4.69) is 159 Å². The van der Waals surface area contributed by atoms with Gasteiger partial charge in [-0.15, -0.1) is 11.3 Å². The summed E-state index contributed by atoms with van der Waals surface area (Å²) in [5, 5.41) is 10.9. The average molecular weight is 683 g/mol. The molecule has 1 heterocycles.